The predicted octanol–water partition coefficient (Wildman–Crippen LogP) is 2.63. The van der Waals surface area contributed by atoms with Crippen molar-refractivity contribution in [3.8, 4) is 11.5 Å². The normalized spacial score (nSPS) is 14.7. The van der Waals surface area contributed by atoms with Crippen molar-refractivity contribution >= 4 is 56.7 Å². The van der Waals surface area contributed by atoms with E-state index in [-0.39, 0.29) is 32.8 Å². The number of para-hydroxylation sites is 1. The Labute approximate surface area is 205 Å². The molecule has 2 aromatic carbocycles. The van der Waals surface area contributed by atoms with E-state index < -0.39 is 33.8 Å². The van der Waals surface area contributed by atoms with Gasteiger partial charge < -0.3 is 19.0 Å². The van der Waals surface area contributed by atoms with Crippen molar-refractivity contribution in [1.82, 2.24) is 4.90 Å². The van der Waals surface area contributed by atoms with Crippen LogP contribution in [0.3, 0.4) is 0 Å². The molecule has 1 fully saturated rings. The lowest BCUT2D eigenvalue weighted by Crippen LogP contribution is -2.34. The van der Waals surface area contributed by atoms with Gasteiger partial charge in [0.05, 0.1) is 19.1 Å². The Morgan fingerprint density at radius 2 is 1.77 bits per heavy atom. The van der Waals surface area contributed by atoms with Crippen molar-refractivity contribution in [2.24, 2.45) is 0 Å². The van der Waals surface area contributed by atoms with Gasteiger partial charge >= 0.3 is 16.1 Å². The standard InChI is InChI=1S/C22H20N2O9S2/c1-13(25)23-15-7-9-16(10-8-15)35(29,30)33-20-14(5-4-6-17(20)31-2)11-18-21(27)24(22(28)34-18)12-19(26)32-3/h4-11H,12H2,1-3H3,(H,23,25)/b18-11-. The maximum atomic E-state index is 12.9. The van der Waals surface area contributed by atoms with Gasteiger partial charge in [-0.15, -0.1) is 0 Å². The van der Waals surface area contributed by atoms with Crippen LogP contribution in [-0.4, -0.2) is 57.1 Å². The highest BCUT2D eigenvalue weighted by Gasteiger charge is 2.37. The monoisotopic (exact) mass is 520 g/mol. The molecule has 0 bridgehead atoms. The summed E-state index contributed by atoms with van der Waals surface area (Å²) in [5.74, 6) is -1.97. The number of methoxy groups -OCH3 is 2. The minimum absolute atomic E-state index is 0.0472. The molecule has 0 aromatic heterocycles. The van der Waals surface area contributed by atoms with Crippen LogP contribution in [0.1, 0.15) is 12.5 Å². The van der Waals surface area contributed by atoms with Crippen molar-refractivity contribution in [2.75, 3.05) is 26.1 Å². The molecular weight excluding hydrogens is 500 g/mol. The van der Waals surface area contributed by atoms with E-state index in [2.05, 4.69) is 10.1 Å². The van der Waals surface area contributed by atoms with Crippen LogP contribution in [0.25, 0.3) is 6.08 Å². The van der Waals surface area contributed by atoms with Gasteiger partial charge in [0.15, 0.2) is 11.5 Å². The number of rotatable bonds is 8. The molecule has 3 amide bonds. The van der Waals surface area contributed by atoms with Crippen LogP contribution in [0, 0.1) is 0 Å². The van der Waals surface area contributed by atoms with Crippen molar-refractivity contribution in [1.29, 1.82) is 0 Å². The molecule has 0 unspecified atom stereocenters. The van der Waals surface area contributed by atoms with Crippen LogP contribution in [0.15, 0.2) is 52.3 Å². The van der Waals surface area contributed by atoms with Gasteiger partial charge in [0.25, 0.3) is 11.1 Å². The highest BCUT2D eigenvalue weighted by molar-refractivity contribution is 8.18. The molecule has 1 aliphatic rings. The molecule has 1 saturated heterocycles. The Kier molecular flexibility index (Phi) is 7.82. The maximum absolute atomic E-state index is 12.9. The number of hydrogen-bond acceptors (Lipinski definition) is 10. The number of esters is 1. The fraction of sp³-hybridized carbons (Fsp3) is 0.182. The van der Waals surface area contributed by atoms with Crippen LogP contribution in [0.2, 0.25) is 0 Å². The second-order valence-electron chi connectivity index (χ2n) is 6.97. The summed E-state index contributed by atoms with van der Waals surface area (Å²) in [6, 6.07) is 9.80. The van der Waals surface area contributed by atoms with Crippen molar-refractivity contribution < 1.29 is 41.3 Å². The second kappa shape index (κ2) is 10.6. The summed E-state index contributed by atoms with van der Waals surface area (Å²) in [5.41, 5.74) is 0.545. The fourth-order valence-electron chi connectivity index (χ4n) is 2.93. The molecule has 35 heavy (non-hydrogen) atoms. The van der Waals surface area contributed by atoms with Crippen LogP contribution in [0.5, 0.6) is 11.5 Å². The number of anilines is 1. The zero-order valence-electron chi connectivity index (χ0n) is 18.8. The van der Waals surface area contributed by atoms with Crippen LogP contribution < -0.4 is 14.2 Å². The van der Waals surface area contributed by atoms with Crippen molar-refractivity contribution in [3.63, 3.8) is 0 Å². The highest BCUT2D eigenvalue weighted by Crippen LogP contribution is 2.38. The first-order chi connectivity index (χ1) is 16.6. The summed E-state index contributed by atoms with van der Waals surface area (Å²) in [7, 11) is -1.91. The lowest BCUT2D eigenvalue weighted by atomic mass is 10.1. The first-order valence-corrected chi connectivity index (χ1v) is 12.1. The van der Waals surface area contributed by atoms with Gasteiger partial charge in [-0.05, 0) is 48.2 Å². The Hall–Kier alpha value is -3.84. The van der Waals surface area contributed by atoms with E-state index >= 15 is 0 Å². The number of benzene rings is 2. The Morgan fingerprint density at radius 3 is 2.37 bits per heavy atom. The van der Waals surface area contributed by atoms with Gasteiger partial charge in [-0.25, -0.2) is 0 Å². The predicted molar refractivity (Wildman–Crippen MR) is 126 cm³/mol. The van der Waals surface area contributed by atoms with E-state index in [0.29, 0.717) is 17.4 Å². The Balaban J connectivity index is 1.95. The molecule has 0 aliphatic carbocycles. The van der Waals surface area contributed by atoms with Crippen molar-refractivity contribution in [2.45, 2.75) is 11.8 Å². The SMILES string of the molecule is COC(=O)CN1C(=O)S/C(=C\c2cccc(OC)c2OS(=O)(=O)c2ccc(NC(C)=O)cc2)C1=O. The number of carbonyl (C=O) groups is 4. The van der Waals surface area contributed by atoms with E-state index in [1.165, 1.54) is 56.5 Å². The molecule has 184 valence electrons. The first-order valence-electron chi connectivity index (χ1n) is 9.87. The average molecular weight is 521 g/mol. The third-order valence-electron chi connectivity index (χ3n) is 4.56. The van der Waals surface area contributed by atoms with E-state index in [9.17, 15) is 27.6 Å². The fourth-order valence-corrected chi connectivity index (χ4v) is 4.73. The lowest BCUT2D eigenvalue weighted by molar-refractivity contribution is -0.143. The van der Waals surface area contributed by atoms with Gasteiger partial charge in [-0.3, -0.25) is 24.1 Å². The van der Waals surface area contributed by atoms with Gasteiger partial charge in [-0.1, -0.05) is 12.1 Å². The number of carbonyl (C=O) groups excluding carboxylic acids is 4. The quantitative estimate of drug-likeness (QED) is 0.313. The number of thioether (sulfide) groups is 1. The molecule has 1 N–H and O–H groups in total. The summed E-state index contributed by atoms with van der Waals surface area (Å²) in [4.78, 5) is 48.0. The molecule has 13 heteroatoms. The lowest BCUT2D eigenvalue weighted by Gasteiger charge is -2.14. The van der Waals surface area contributed by atoms with E-state index in [1.807, 2.05) is 0 Å². The van der Waals surface area contributed by atoms with Gasteiger partial charge in [0.2, 0.25) is 5.91 Å². The van der Waals surface area contributed by atoms with E-state index in [1.54, 1.807) is 6.07 Å². The van der Waals surface area contributed by atoms with Crippen molar-refractivity contribution in [3.05, 3.63) is 52.9 Å². The third-order valence-corrected chi connectivity index (χ3v) is 6.70. The zero-order chi connectivity index (χ0) is 25.8. The van der Waals surface area contributed by atoms with Crippen LogP contribution in [0.4, 0.5) is 10.5 Å². The number of imide groups is 1. The molecule has 0 saturated carbocycles. The number of nitrogens with one attached hydrogen (secondary N) is 1. The molecule has 1 heterocycles. The molecule has 2 aromatic rings. The molecule has 11 nitrogen and oxygen atoms in total. The second-order valence-corrected chi connectivity index (χ2v) is 9.51. The first kappa shape index (κ1) is 25.8. The minimum atomic E-state index is -4.35. The minimum Gasteiger partial charge on any atom is -0.493 e. The molecule has 0 spiro atoms. The van der Waals surface area contributed by atoms with Gasteiger partial charge in [0, 0.05) is 18.2 Å². The number of hydrogen-bond donors (Lipinski definition) is 1. The topological polar surface area (TPSA) is 145 Å². The number of ether oxygens (including phenoxy) is 2. The Morgan fingerprint density at radius 1 is 1.09 bits per heavy atom. The molecule has 3 rings (SSSR count). The molecule has 0 radical (unpaired) electrons. The molecular formula is C22H20N2O9S2. The van der Waals surface area contributed by atoms with E-state index in [4.69, 9.17) is 8.92 Å². The number of amides is 3. The average Bonchev–Trinajstić information content (AvgIpc) is 3.07. The molecule has 1 aliphatic heterocycles. The Bertz CT molecular complexity index is 1320. The maximum Gasteiger partial charge on any atom is 0.339 e. The number of nitrogens with zero attached hydrogens (tertiary/aromatic N) is 1. The van der Waals surface area contributed by atoms with Gasteiger partial charge in [0.1, 0.15) is 11.4 Å². The third kappa shape index (κ3) is 6.00. The summed E-state index contributed by atoms with van der Waals surface area (Å²) >= 11 is 0.582. The largest absolute Gasteiger partial charge is 0.493 e. The summed E-state index contributed by atoms with van der Waals surface area (Å²) < 4.78 is 41.0. The van der Waals surface area contributed by atoms with Crippen LogP contribution >= 0.6 is 11.8 Å². The summed E-state index contributed by atoms with van der Waals surface area (Å²) in [5, 5.41) is 1.85. The summed E-state index contributed by atoms with van der Waals surface area (Å²) in [6.45, 7) is 0.768. The van der Waals surface area contributed by atoms with Crippen LogP contribution in [-0.2, 0) is 29.2 Å². The van der Waals surface area contributed by atoms with E-state index in [0.717, 1.165) is 12.0 Å². The van der Waals surface area contributed by atoms with Gasteiger partial charge in [-0.2, -0.15) is 8.42 Å². The summed E-state index contributed by atoms with van der Waals surface area (Å²) in [6.07, 6.45) is 1.27. The highest BCUT2D eigenvalue weighted by atomic mass is 32.2. The smallest absolute Gasteiger partial charge is 0.339 e. The zero-order valence-corrected chi connectivity index (χ0v) is 20.4. The molecule has 0 atom stereocenters.